The molecule has 0 atom stereocenters. The van der Waals surface area contributed by atoms with Crippen LogP contribution in [0, 0.1) is 0 Å². The lowest BCUT2D eigenvalue weighted by Gasteiger charge is -2.25. The van der Waals surface area contributed by atoms with Gasteiger partial charge in [0.15, 0.2) is 17.8 Å². The van der Waals surface area contributed by atoms with Crippen molar-refractivity contribution in [3.8, 4) is 0 Å². The molecule has 2 rings (SSSR count). The number of anilines is 1. The first-order valence-corrected chi connectivity index (χ1v) is 4.41. The van der Waals surface area contributed by atoms with E-state index in [0.29, 0.717) is 25.2 Å². The molecule has 6 nitrogen and oxygen atoms in total. The van der Waals surface area contributed by atoms with Crippen LogP contribution in [0.3, 0.4) is 0 Å². The van der Waals surface area contributed by atoms with Crippen LogP contribution in [0.15, 0.2) is 0 Å². The number of carbonyl (C=O) groups excluding carboxylic acids is 2. The molecule has 1 aliphatic rings. The van der Waals surface area contributed by atoms with Gasteiger partial charge in [-0.2, -0.15) is 0 Å². The number of fused-ring (bicyclic) bond motifs is 1. The molecule has 0 saturated carbocycles. The highest BCUT2D eigenvalue weighted by atomic mass is 16.2. The first-order valence-electron chi connectivity index (χ1n) is 4.41. The highest BCUT2D eigenvalue weighted by molar-refractivity contribution is 5.95. The zero-order valence-corrected chi connectivity index (χ0v) is 7.80. The van der Waals surface area contributed by atoms with Gasteiger partial charge in [0.2, 0.25) is 5.91 Å². The van der Waals surface area contributed by atoms with Gasteiger partial charge in [-0.3, -0.25) is 14.5 Å². The molecule has 0 fully saturated rings. The average molecular weight is 194 g/mol. The summed E-state index contributed by atoms with van der Waals surface area (Å²) in [4.78, 5) is 23.5. The summed E-state index contributed by atoms with van der Waals surface area (Å²) in [5, 5.41) is 7.50. The number of amides is 1. The van der Waals surface area contributed by atoms with E-state index in [0.717, 1.165) is 6.42 Å². The van der Waals surface area contributed by atoms with E-state index in [2.05, 4.69) is 10.3 Å². The van der Waals surface area contributed by atoms with Crippen molar-refractivity contribution in [2.45, 2.75) is 19.9 Å². The van der Waals surface area contributed by atoms with Gasteiger partial charge >= 0.3 is 0 Å². The fourth-order valence-corrected chi connectivity index (χ4v) is 1.62. The summed E-state index contributed by atoms with van der Waals surface area (Å²) in [6, 6.07) is 0. The summed E-state index contributed by atoms with van der Waals surface area (Å²) in [5.74, 6) is 0.440. The van der Waals surface area contributed by atoms with Gasteiger partial charge in [-0.1, -0.05) is 5.21 Å². The minimum absolute atomic E-state index is 0.0867. The van der Waals surface area contributed by atoms with Crippen molar-refractivity contribution in [2.75, 3.05) is 11.4 Å². The lowest BCUT2D eigenvalue weighted by molar-refractivity contribution is -0.116. The number of carbonyl (C=O) groups is 2. The van der Waals surface area contributed by atoms with E-state index in [1.165, 1.54) is 11.8 Å². The first-order chi connectivity index (χ1) is 6.74. The van der Waals surface area contributed by atoms with Crippen LogP contribution in [0.25, 0.3) is 0 Å². The molecule has 0 unspecified atom stereocenters. The van der Waals surface area contributed by atoms with Crippen LogP contribution >= 0.6 is 0 Å². The lowest BCUT2D eigenvalue weighted by atomic mass is 10.3. The third-order valence-electron chi connectivity index (χ3n) is 2.23. The molecule has 14 heavy (non-hydrogen) atoms. The molecule has 1 aromatic rings. The van der Waals surface area contributed by atoms with Crippen molar-refractivity contribution >= 4 is 18.0 Å². The summed E-state index contributed by atoms with van der Waals surface area (Å²) in [5.41, 5.74) is 0.236. The van der Waals surface area contributed by atoms with E-state index in [1.807, 2.05) is 0 Å². The summed E-state index contributed by atoms with van der Waals surface area (Å²) in [6.45, 7) is 2.81. The van der Waals surface area contributed by atoms with Gasteiger partial charge in [-0.25, -0.2) is 4.68 Å². The molecule has 0 saturated heterocycles. The second-order valence-corrected chi connectivity index (χ2v) is 3.16. The molecule has 0 aliphatic carbocycles. The van der Waals surface area contributed by atoms with Gasteiger partial charge in [0.25, 0.3) is 0 Å². The van der Waals surface area contributed by atoms with Crippen molar-refractivity contribution < 1.29 is 9.59 Å². The highest BCUT2D eigenvalue weighted by Crippen LogP contribution is 2.21. The summed E-state index contributed by atoms with van der Waals surface area (Å²) in [6.07, 6.45) is 1.47. The molecule has 0 aromatic carbocycles. The molecular formula is C8H10N4O2. The lowest BCUT2D eigenvalue weighted by Crippen LogP contribution is -2.36. The van der Waals surface area contributed by atoms with E-state index >= 15 is 0 Å². The normalized spacial score (nSPS) is 15.1. The second kappa shape index (κ2) is 3.21. The van der Waals surface area contributed by atoms with Crippen LogP contribution in [-0.4, -0.2) is 33.7 Å². The summed E-state index contributed by atoms with van der Waals surface area (Å²) in [7, 11) is 0. The predicted molar refractivity (Wildman–Crippen MR) is 48.1 cm³/mol. The van der Waals surface area contributed by atoms with Crippen LogP contribution < -0.4 is 4.90 Å². The maximum Gasteiger partial charge on any atom is 0.225 e. The quantitative estimate of drug-likeness (QED) is 0.583. The SMILES string of the molecule is CC(=O)N1CCCn2nnc(C=O)c21. The van der Waals surface area contributed by atoms with Crippen molar-refractivity contribution in [3.05, 3.63) is 5.69 Å². The Bertz CT molecular complexity index is 385. The third kappa shape index (κ3) is 1.19. The fourth-order valence-electron chi connectivity index (χ4n) is 1.62. The van der Waals surface area contributed by atoms with E-state index in [-0.39, 0.29) is 11.6 Å². The summed E-state index contributed by atoms with van der Waals surface area (Å²) >= 11 is 0. The Balaban J connectivity index is 2.50. The minimum atomic E-state index is -0.0867. The predicted octanol–water partition coefficient (Wildman–Crippen LogP) is -0.153. The van der Waals surface area contributed by atoms with Crippen LogP contribution in [0.5, 0.6) is 0 Å². The van der Waals surface area contributed by atoms with E-state index in [1.54, 1.807) is 4.68 Å². The molecule has 0 bridgehead atoms. The van der Waals surface area contributed by atoms with Crippen molar-refractivity contribution in [2.24, 2.45) is 0 Å². The molecule has 0 radical (unpaired) electrons. The number of aromatic nitrogens is 3. The van der Waals surface area contributed by atoms with Crippen molar-refractivity contribution in [3.63, 3.8) is 0 Å². The Kier molecular flexibility index (Phi) is 2.03. The number of nitrogens with zero attached hydrogens (tertiary/aromatic N) is 4. The minimum Gasteiger partial charge on any atom is -0.296 e. The van der Waals surface area contributed by atoms with Gasteiger partial charge in [0.05, 0.1) is 0 Å². The Labute approximate surface area is 80.5 Å². The van der Waals surface area contributed by atoms with E-state index < -0.39 is 0 Å². The zero-order valence-electron chi connectivity index (χ0n) is 7.80. The number of hydrogen-bond donors (Lipinski definition) is 0. The van der Waals surface area contributed by atoms with Crippen molar-refractivity contribution in [1.82, 2.24) is 15.0 Å². The van der Waals surface area contributed by atoms with Gasteiger partial charge in [0.1, 0.15) is 0 Å². The molecular weight excluding hydrogens is 184 g/mol. The molecule has 6 heteroatoms. The molecule has 1 aromatic heterocycles. The number of aryl methyl sites for hydroxylation is 1. The molecule has 74 valence electrons. The van der Waals surface area contributed by atoms with Gasteiger partial charge in [-0.15, -0.1) is 5.10 Å². The number of aldehydes is 1. The molecule has 1 amide bonds. The van der Waals surface area contributed by atoms with Crippen molar-refractivity contribution in [1.29, 1.82) is 0 Å². The largest absolute Gasteiger partial charge is 0.296 e. The Morgan fingerprint density at radius 3 is 2.93 bits per heavy atom. The molecule has 0 spiro atoms. The Morgan fingerprint density at radius 1 is 1.50 bits per heavy atom. The van der Waals surface area contributed by atoms with Gasteiger partial charge in [-0.05, 0) is 6.42 Å². The smallest absolute Gasteiger partial charge is 0.225 e. The Hall–Kier alpha value is -1.72. The van der Waals surface area contributed by atoms with Crippen LogP contribution in [-0.2, 0) is 11.3 Å². The van der Waals surface area contributed by atoms with Crippen LogP contribution in [0.1, 0.15) is 23.8 Å². The molecule has 2 heterocycles. The zero-order chi connectivity index (χ0) is 10.1. The fraction of sp³-hybridized carbons (Fsp3) is 0.500. The number of rotatable bonds is 1. The monoisotopic (exact) mass is 194 g/mol. The molecule has 1 aliphatic heterocycles. The van der Waals surface area contributed by atoms with E-state index in [9.17, 15) is 9.59 Å². The first kappa shape index (κ1) is 8.86. The van der Waals surface area contributed by atoms with Crippen LogP contribution in [0.2, 0.25) is 0 Å². The number of hydrogen-bond acceptors (Lipinski definition) is 4. The maximum atomic E-state index is 11.3. The standard InChI is InChI=1S/C8H10N4O2/c1-6(14)11-3-2-4-12-8(11)7(5-13)9-10-12/h5H,2-4H2,1H3. The highest BCUT2D eigenvalue weighted by Gasteiger charge is 2.25. The third-order valence-corrected chi connectivity index (χ3v) is 2.23. The second-order valence-electron chi connectivity index (χ2n) is 3.16. The summed E-state index contributed by atoms with van der Waals surface area (Å²) < 4.78 is 1.59. The van der Waals surface area contributed by atoms with E-state index in [4.69, 9.17) is 0 Å². The van der Waals surface area contributed by atoms with Gasteiger partial charge in [0, 0.05) is 20.0 Å². The average Bonchev–Trinajstić information content (AvgIpc) is 2.59. The van der Waals surface area contributed by atoms with Gasteiger partial charge < -0.3 is 0 Å². The molecule has 0 N–H and O–H groups in total. The Morgan fingerprint density at radius 2 is 2.29 bits per heavy atom. The topological polar surface area (TPSA) is 68.1 Å². The van der Waals surface area contributed by atoms with Crippen LogP contribution in [0.4, 0.5) is 5.82 Å². The maximum absolute atomic E-state index is 11.3.